The predicted molar refractivity (Wildman–Crippen MR) is 208 cm³/mol. The van der Waals surface area contributed by atoms with E-state index in [-0.39, 0.29) is 5.41 Å². The van der Waals surface area contributed by atoms with Crippen LogP contribution in [0.1, 0.15) is 60.1 Å². The van der Waals surface area contributed by atoms with Gasteiger partial charge in [0.2, 0.25) is 0 Å². The lowest BCUT2D eigenvalue weighted by molar-refractivity contribution is 0.659. The maximum atomic E-state index is 2.52. The summed E-state index contributed by atoms with van der Waals surface area (Å²) in [6.45, 7) is 6.90. The average molecular weight is 635 g/mol. The van der Waals surface area contributed by atoms with Crippen molar-refractivity contribution in [1.82, 2.24) is 0 Å². The number of hydrogen-bond donors (Lipinski definition) is 0. The first-order valence-corrected chi connectivity index (χ1v) is 17.9. The first-order chi connectivity index (χ1) is 24.0. The highest BCUT2D eigenvalue weighted by atomic mass is 15.1. The monoisotopic (exact) mass is 634 g/mol. The highest BCUT2D eigenvalue weighted by Gasteiger charge is 2.36. The second kappa shape index (κ2) is 12.0. The number of anilines is 4. The molecule has 2 heteroatoms. The Morgan fingerprint density at radius 3 is 1.73 bits per heavy atom. The number of para-hydroxylation sites is 2. The first kappa shape index (κ1) is 29.8. The first-order valence-electron chi connectivity index (χ1n) is 17.9. The third-order valence-electron chi connectivity index (χ3n) is 11.1. The van der Waals surface area contributed by atoms with Crippen LogP contribution >= 0.6 is 0 Å². The molecule has 0 spiro atoms. The van der Waals surface area contributed by atoms with E-state index in [9.17, 15) is 0 Å². The summed E-state index contributed by atoms with van der Waals surface area (Å²) >= 11 is 0. The number of aryl methyl sites for hydroxylation is 2. The Morgan fingerprint density at radius 1 is 0.490 bits per heavy atom. The van der Waals surface area contributed by atoms with Crippen molar-refractivity contribution in [2.45, 2.75) is 44.9 Å². The molecular weight excluding hydrogens is 593 g/mol. The molecule has 0 N–H and O–H groups in total. The molecule has 6 aromatic rings. The Morgan fingerprint density at radius 2 is 1.04 bits per heavy atom. The van der Waals surface area contributed by atoms with Gasteiger partial charge in [0.05, 0.1) is 0 Å². The minimum Gasteiger partial charge on any atom is -0.341 e. The van der Waals surface area contributed by atoms with Gasteiger partial charge in [0.15, 0.2) is 0 Å². The molecule has 0 saturated carbocycles. The maximum absolute atomic E-state index is 2.52. The van der Waals surface area contributed by atoms with E-state index in [1.54, 1.807) is 0 Å². The molecule has 0 unspecified atom stereocenters. The molecule has 0 atom stereocenters. The van der Waals surface area contributed by atoms with Gasteiger partial charge in [0.1, 0.15) is 0 Å². The summed E-state index contributed by atoms with van der Waals surface area (Å²) < 4.78 is 0. The molecule has 2 nitrogen and oxygen atoms in total. The van der Waals surface area contributed by atoms with Crippen LogP contribution in [0.3, 0.4) is 0 Å². The third-order valence-corrected chi connectivity index (χ3v) is 11.1. The Balaban J connectivity index is 0.975. The van der Waals surface area contributed by atoms with E-state index in [1.165, 1.54) is 91.2 Å². The lowest BCUT2D eigenvalue weighted by Crippen LogP contribution is -2.25. The molecule has 0 amide bonds. The number of benzene rings is 6. The fourth-order valence-electron chi connectivity index (χ4n) is 8.49. The zero-order valence-electron chi connectivity index (χ0n) is 28.5. The van der Waals surface area contributed by atoms with Crippen molar-refractivity contribution in [1.29, 1.82) is 0 Å². The fraction of sp³-hybridized carbons (Fsp3) is 0.191. The van der Waals surface area contributed by atoms with Gasteiger partial charge in [-0.25, -0.2) is 0 Å². The van der Waals surface area contributed by atoms with Gasteiger partial charge in [0, 0.05) is 41.3 Å². The molecule has 1 aliphatic carbocycles. The van der Waals surface area contributed by atoms with Gasteiger partial charge >= 0.3 is 0 Å². The lowest BCUT2D eigenvalue weighted by atomic mass is 9.81. The topological polar surface area (TPSA) is 6.48 Å². The molecule has 49 heavy (non-hydrogen) atoms. The SMILES string of the molecule is CC1(C)c2cc(C=Cc3cccc(-c4cccc(N5CCCc6ccccc65)c4)c3)ccc2-c2ccc(N3CCCc4ccccc43)cc21. The minimum absolute atomic E-state index is 0.0698. The number of hydrogen-bond acceptors (Lipinski definition) is 2. The van der Waals surface area contributed by atoms with Gasteiger partial charge in [-0.3, -0.25) is 0 Å². The number of rotatable bonds is 5. The van der Waals surface area contributed by atoms with Crippen LogP contribution in [-0.2, 0) is 18.3 Å². The van der Waals surface area contributed by atoms with Gasteiger partial charge in [-0.15, -0.1) is 0 Å². The van der Waals surface area contributed by atoms with Crippen LogP contribution in [0.25, 0.3) is 34.4 Å². The van der Waals surface area contributed by atoms with Crippen molar-refractivity contribution >= 4 is 34.9 Å². The van der Waals surface area contributed by atoms with Crippen molar-refractivity contribution in [3.8, 4) is 22.3 Å². The summed E-state index contributed by atoms with van der Waals surface area (Å²) in [5.74, 6) is 0. The van der Waals surface area contributed by atoms with Gasteiger partial charge in [-0.2, -0.15) is 0 Å². The van der Waals surface area contributed by atoms with Crippen LogP contribution in [-0.4, -0.2) is 13.1 Å². The number of fused-ring (bicyclic) bond motifs is 5. The van der Waals surface area contributed by atoms with E-state index in [0.29, 0.717) is 0 Å². The minimum atomic E-state index is -0.0698. The fourth-order valence-corrected chi connectivity index (χ4v) is 8.49. The number of nitrogens with zero attached hydrogens (tertiary/aromatic N) is 2. The van der Waals surface area contributed by atoms with E-state index >= 15 is 0 Å². The summed E-state index contributed by atoms with van der Waals surface area (Å²) in [4.78, 5) is 5.00. The molecule has 2 heterocycles. The van der Waals surface area contributed by atoms with E-state index in [0.717, 1.165) is 25.9 Å². The molecule has 0 fully saturated rings. The van der Waals surface area contributed by atoms with Crippen LogP contribution in [0.2, 0.25) is 0 Å². The van der Waals surface area contributed by atoms with Gasteiger partial charge < -0.3 is 9.80 Å². The molecule has 2 aliphatic heterocycles. The molecule has 240 valence electrons. The lowest BCUT2D eigenvalue weighted by Gasteiger charge is -2.32. The van der Waals surface area contributed by atoms with Gasteiger partial charge in [0.25, 0.3) is 0 Å². The smallest absolute Gasteiger partial charge is 0.0443 e. The van der Waals surface area contributed by atoms with Crippen molar-refractivity contribution in [3.05, 3.63) is 167 Å². The maximum Gasteiger partial charge on any atom is 0.0443 e. The summed E-state index contributed by atoms with van der Waals surface area (Å²) in [5, 5.41) is 0. The van der Waals surface area contributed by atoms with Crippen molar-refractivity contribution < 1.29 is 0 Å². The zero-order valence-corrected chi connectivity index (χ0v) is 28.5. The van der Waals surface area contributed by atoms with Gasteiger partial charge in [-0.1, -0.05) is 117 Å². The molecule has 3 aliphatic rings. The summed E-state index contributed by atoms with van der Waals surface area (Å²) in [5.41, 5.74) is 18.6. The Bertz CT molecular complexity index is 2240. The van der Waals surface area contributed by atoms with E-state index in [2.05, 4.69) is 169 Å². The second-order valence-corrected chi connectivity index (χ2v) is 14.4. The van der Waals surface area contributed by atoms with Crippen LogP contribution in [0.5, 0.6) is 0 Å². The molecular formula is C47H42N2. The molecule has 0 bridgehead atoms. The molecule has 0 aromatic heterocycles. The molecule has 9 rings (SSSR count). The highest BCUT2D eigenvalue weighted by molar-refractivity contribution is 5.85. The molecule has 6 aromatic carbocycles. The van der Waals surface area contributed by atoms with E-state index in [1.807, 2.05) is 0 Å². The van der Waals surface area contributed by atoms with Crippen LogP contribution in [0.4, 0.5) is 22.7 Å². The Labute approximate surface area is 291 Å². The summed E-state index contributed by atoms with van der Waals surface area (Å²) in [6, 6.07) is 49.9. The summed E-state index contributed by atoms with van der Waals surface area (Å²) in [7, 11) is 0. The van der Waals surface area contributed by atoms with Crippen molar-refractivity contribution in [2.75, 3.05) is 22.9 Å². The van der Waals surface area contributed by atoms with E-state index < -0.39 is 0 Å². The molecule has 0 radical (unpaired) electrons. The zero-order chi connectivity index (χ0) is 33.0. The van der Waals surface area contributed by atoms with Crippen LogP contribution in [0.15, 0.2) is 133 Å². The predicted octanol–water partition coefficient (Wildman–Crippen LogP) is 12.0. The Kier molecular flexibility index (Phi) is 7.27. The average Bonchev–Trinajstić information content (AvgIpc) is 3.38. The third kappa shape index (κ3) is 5.27. The highest BCUT2D eigenvalue weighted by Crippen LogP contribution is 2.50. The van der Waals surface area contributed by atoms with E-state index in [4.69, 9.17) is 0 Å². The van der Waals surface area contributed by atoms with Crippen molar-refractivity contribution in [2.24, 2.45) is 0 Å². The quantitative estimate of drug-likeness (QED) is 0.174. The normalized spacial score (nSPS) is 15.9. The molecule has 0 saturated heterocycles. The largest absolute Gasteiger partial charge is 0.341 e. The van der Waals surface area contributed by atoms with Gasteiger partial charge in [-0.05, 0) is 124 Å². The van der Waals surface area contributed by atoms with Crippen molar-refractivity contribution in [3.63, 3.8) is 0 Å². The second-order valence-electron chi connectivity index (χ2n) is 14.4. The van der Waals surface area contributed by atoms with Crippen LogP contribution in [0, 0.1) is 0 Å². The standard InChI is InChI=1S/C47H42N2/c1-47(2)43-30-34(23-25-41(43)42-26-24-40(32-44(42)47)49-28-10-17-36-13-4-6-20-46(36)49)22-21-33-11-7-14-37(29-33)38-15-8-18-39(31-38)48-27-9-16-35-12-3-5-19-45(35)48/h3-8,11-15,18-26,29-32H,9-10,16-17,27-28H2,1-2H3. The van der Waals surface area contributed by atoms with Crippen LogP contribution < -0.4 is 9.80 Å². The summed E-state index contributed by atoms with van der Waals surface area (Å²) in [6.07, 6.45) is 9.23. The Hall–Kier alpha value is -5.34.